The molecule has 2 atom stereocenters. The highest BCUT2D eigenvalue weighted by molar-refractivity contribution is 7.47. The van der Waals surface area contributed by atoms with Gasteiger partial charge in [-0.1, -0.05) is 123 Å². The van der Waals surface area contributed by atoms with Crippen LogP contribution in [-0.4, -0.2) is 49.3 Å². The zero-order chi connectivity index (χ0) is 29.0. The van der Waals surface area contributed by atoms with E-state index in [1.807, 2.05) is 0 Å². The van der Waals surface area contributed by atoms with E-state index in [1.165, 1.54) is 96.3 Å². The van der Waals surface area contributed by atoms with E-state index >= 15 is 0 Å². The number of esters is 2. The number of phosphoric ester groups is 1. The van der Waals surface area contributed by atoms with Crippen molar-refractivity contribution >= 4 is 19.8 Å². The maximum absolute atomic E-state index is 12.2. The molecular weight excluding hydrogens is 521 g/mol. The minimum Gasteiger partial charge on any atom is -0.462 e. The topological polar surface area (TPSA) is 134 Å². The summed E-state index contributed by atoms with van der Waals surface area (Å²) in [6, 6.07) is 0. The van der Waals surface area contributed by atoms with Gasteiger partial charge in [0.25, 0.3) is 0 Å². The number of phosphoric acid groups is 1. The molecule has 0 aliphatic carbocycles. The van der Waals surface area contributed by atoms with Gasteiger partial charge in [0.05, 0.1) is 13.2 Å². The van der Waals surface area contributed by atoms with Crippen molar-refractivity contribution in [3.63, 3.8) is 0 Å². The Kier molecular flexibility index (Phi) is 26.5. The van der Waals surface area contributed by atoms with Crippen molar-refractivity contribution in [3.8, 4) is 0 Å². The lowest BCUT2D eigenvalue weighted by Gasteiger charge is -2.19. The van der Waals surface area contributed by atoms with E-state index in [0.717, 1.165) is 12.8 Å². The molecule has 0 heterocycles. The fourth-order valence-corrected chi connectivity index (χ4v) is 4.97. The number of rotatable bonds is 29. The average molecular weight is 580 g/mol. The molecule has 10 heteroatoms. The van der Waals surface area contributed by atoms with E-state index in [1.54, 1.807) is 6.92 Å². The van der Waals surface area contributed by atoms with Crippen LogP contribution in [0.4, 0.5) is 0 Å². The summed E-state index contributed by atoms with van der Waals surface area (Å²) in [4.78, 5) is 33.3. The quantitative estimate of drug-likeness (QED) is 0.0529. The summed E-state index contributed by atoms with van der Waals surface area (Å²) in [6.45, 7) is 3.12. The van der Waals surface area contributed by atoms with Gasteiger partial charge in [0.15, 0.2) is 6.10 Å². The minimum absolute atomic E-state index is 0.0554. The van der Waals surface area contributed by atoms with Gasteiger partial charge < -0.3 is 20.1 Å². The van der Waals surface area contributed by atoms with Crippen LogP contribution in [0, 0.1) is 0 Å². The molecule has 0 bridgehead atoms. The predicted molar refractivity (Wildman–Crippen MR) is 155 cm³/mol. The van der Waals surface area contributed by atoms with E-state index in [4.69, 9.17) is 19.7 Å². The van der Waals surface area contributed by atoms with Crippen LogP contribution in [0.25, 0.3) is 0 Å². The lowest BCUT2D eigenvalue weighted by molar-refractivity contribution is -0.161. The van der Waals surface area contributed by atoms with Gasteiger partial charge in [-0.2, -0.15) is 0 Å². The van der Waals surface area contributed by atoms with Crippen LogP contribution in [0.1, 0.15) is 142 Å². The lowest BCUT2D eigenvalue weighted by atomic mass is 10.0. The summed E-state index contributed by atoms with van der Waals surface area (Å²) in [5.74, 6) is -0.922. The van der Waals surface area contributed by atoms with Crippen LogP contribution >= 0.6 is 7.82 Å². The van der Waals surface area contributed by atoms with E-state index in [9.17, 15) is 19.0 Å². The summed E-state index contributed by atoms with van der Waals surface area (Å²) in [6.07, 6.45) is 22.3. The van der Waals surface area contributed by atoms with E-state index < -0.39 is 32.5 Å². The highest BCUT2D eigenvalue weighted by Gasteiger charge is 2.25. The normalized spacial score (nSPS) is 13.6. The molecule has 0 saturated carbocycles. The standard InChI is InChI=1S/C29H58NO8P/c1-3-5-6-7-8-9-10-11-12-13-14-15-16-17-18-19-20-21-22-29(32)38-27(25-35-28(31)4-2)26-37-39(33,34)36-24-23-30/h27H,3-26,30H2,1-2H3,(H,33,34). The number of hydrogen-bond donors (Lipinski definition) is 2. The smallest absolute Gasteiger partial charge is 0.462 e. The maximum atomic E-state index is 12.2. The monoisotopic (exact) mass is 579 g/mol. The van der Waals surface area contributed by atoms with Gasteiger partial charge in [-0.15, -0.1) is 0 Å². The van der Waals surface area contributed by atoms with Crippen LogP contribution in [-0.2, 0) is 32.7 Å². The van der Waals surface area contributed by atoms with Gasteiger partial charge in [0.1, 0.15) is 6.61 Å². The Morgan fingerprint density at radius 2 is 1.15 bits per heavy atom. The molecule has 0 aliphatic heterocycles. The summed E-state index contributed by atoms with van der Waals surface area (Å²) in [5.41, 5.74) is 5.25. The van der Waals surface area contributed by atoms with Crippen molar-refractivity contribution in [1.82, 2.24) is 0 Å². The van der Waals surface area contributed by atoms with Crippen molar-refractivity contribution in [2.24, 2.45) is 5.73 Å². The molecule has 0 aromatic carbocycles. The maximum Gasteiger partial charge on any atom is 0.472 e. The molecule has 0 fully saturated rings. The van der Waals surface area contributed by atoms with E-state index in [2.05, 4.69) is 11.4 Å². The molecule has 2 unspecified atom stereocenters. The molecule has 232 valence electrons. The number of carbonyl (C=O) groups is 2. The second-order valence-corrected chi connectivity index (χ2v) is 11.7. The van der Waals surface area contributed by atoms with Gasteiger partial charge >= 0.3 is 19.8 Å². The third-order valence-electron chi connectivity index (χ3n) is 6.55. The van der Waals surface area contributed by atoms with Gasteiger partial charge in [0.2, 0.25) is 0 Å². The summed E-state index contributed by atoms with van der Waals surface area (Å²) >= 11 is 0. The number of carbonyl (C=O) groups excluding carboxylic acids is 2. The first-order valence-electron chi connectivity index (χ1n) is 15.5. The first-order valence-corrected chi connectivity index (χ1v) is 17.0. The van der Waals surface area contributed by atoms with Crippen LogP contribution in [0.3, 0.4) is 0 Å². The van der Waals surface area contributed by atoms with Gasteiger partial charge in [-0.05, 0) is 6.42 Å². The van der Waals surface area contributed by atoms with E-state index in [-0.39, 0.29) is 32.6 Å². The zero-order valence-electron chi connectivity index (χ0n) is 24.9. The third kappa shape index (κ3) is 27.0. The summed E-state index contributed by atoms with van der Waals surface area (Å²) < 4.78 is 31.7. The lowest BCUT2D eigenvalue weighted by Crippen LogP contribution is -2.29. The zero-order valence-corrected chi connectivity index (χ0v) is 25.8. The van der Waals surface area contributed by atoms with Crippen molar-refractivity contribution in [3.05, 3.63) is 0 Å². The summed E-state index contributed by atoms with van der Waals surface area (Å²) in [7, 11) is -4.33. The molecule has 0 rings (SSSR count). The molecule has 0 spiro atoms. The Labute approximate surface area is 237 Å². The minimum atomic E-state index is -4.33. The Morgan fingerprint density at radius 3 is 1.59 bits per heavy atom. The van der Waals surface area contributed by atoms with Crippen molar-refractivity contribution in [1.29, 1.82) is 0 Å². The van der Waals surface area contributed by atoms with Crippen molar-refractivity contribution in [2.45, 2.75) is 148 Å². The van der Waals surface area contributed by atoms with Gasteiger partial charge in [-0.25, -0.2) is 4.57 Å². The van der Waals surface area contributed by atoms with Crippen LogP contribution in [0.2, 0.25) is 0 Å². The number of ether oxygens (including phenoxy) is 2. The Balaban J connectivity index is 3.81. The Hall–Kier alpha value is -0.990. The molecule has 0 aromatic heterocycles. The fourth-order valence-electron chi connectivity index (χ4n) is 4.20. The van der Waals surface area contributed by atoms with Gasteiger partial charge in [0, 0.05) is 19.4 Å². The number of unbranched alkanes of at least 4 members (excludes halogenated alkanes) is 17. The van der Waals surface area contributed by atoms with Crippen LogP contribution in [0.15, 0.2) is 0 Å². The molecule has 0 saturated heterocycles. The first kappa shape index (κ1) is 38.0. The van der Waals surface area contributed by atoms with Crippen LogP contribution in [0.5, 0.6) is 0 Å². The Bertz CT molecular complexity index is 634. The molecule has 0 aliphatic rings. The fraction of sp³-hybridized carbons (Fsp3) is 0.931. The molecule has 3 N–H and O–H groups in total. The highest BCUT2D eigenvalue weighted by Crippen LogP contribution is 2.43. The number of nitrogens with two attached hydrogens (primary N) is 1. The van der Waals surface area contributed by atoms with Crippen molar-refractivity contribution < 1.29 is 37.6 Å². The molecule has 39 heavy (non-hydrogen) atoms. The average Bonchev–Trinajstić information content (AvgIpc) is 2.92. The third-order valence-corrected chi connectivity index (χ3v) is 7.53. The number of hydrogen-bond acceptors (Lipinski definition) is 8. The molecule has 9 nitrogen and oxygen atoms in total. The Morgan fingerprint density at radius 1 is 0.692 bits per heavy atom. The SMILES string of the molecule is CCCCCCCCCCCCCCCCCCCCC(=O)OC(COC(=O)CC)COP(=O)(O)OCCN. The van der Waals surface area contributed by atoms with E-state index in [0.29, 0.717) is 6.42 Å². The highest BCUT2D eigenvalue weighted by atomic mass is 31.2. The van der Waals surface area contributed by atoms with Crippen LogP contribution < -0.4 is 5.73 Å². The predicted octanol–water partition coefficient (Wildman–Crippen LogP) is 7.38. The molecule has 0 amide bonds. The van der Waals surface area contributed by atoms with Crippen molar-refractivity contribution in [2.75, 3.05) is 26.4 Å². The first-order chi connectivity index (χ1) is 18.8. The van der Waals surface area contributed by atoms with Gasteiger partial charge in [-0.3, -0.25) is 18.6 Å². The molecule has 0 aromatic rings. The molecular formula is C29H58NO8P. The summed E-state index contributed by atoms with van der Waals surface area (Å²) in [5, 5.41) is 0. The molecule has 0 radical (unpaired) electrons. The largest absolute Gasteiger partial charge is 0.472 e. The second kappa shape index (κ2) is 27.2. The second-order valence-electron chi connectivity index (χ2n) is 10.3.